The van der Waals surface area contributed by atoms with Crippen LogP contribution < -0.4 is 0 Å². The molecule has 6 heavy (non-hydrogen) atoms. The molecular weight excluding hydrogens is 74.9 g/mol. The van der Waals surface area contributed by atoms with Crippen LogP contribution in [0.4, 0.5) is 0 Å². The minimum Gasteiger partial charge on any atom is -0.373 e. The summed E-state index contributed by atoms with van der Waals surface area (Å²) in [6.07, 6.45) is 3.18. The SMILES string of the molecule is BCC[C@H]1CO1. The quantitative estimate of drug-likeness (QED) is 0.334. The van der Waals surface area contributed by atoms with E-state index in [1.807, 2.05) is 0 Å². The van der Waals surface area contributed by atoms with Crippen molar-refractivity contribution < 1.29 is 4.74 Å². The fourth-order valence-corrected chi connectivity index (χ4v) is 0.557. The Balaban J connectivity index is 1.88. The van der Waals surface area contributed by atoms with Gasteiger partial charge in [0.25, 0.3) is 0 Å². The molecule has 0 unspecified atom stereocenters. The zero-order valence-corrected chi connectivity index (χ0v) is 4.11. The highest BCUT2D eigenvalue weighted by Gasteiger charge is 2.19. The summed E-state index contributed by atoms with van der Waals surface area (Å²) in [7, 11) is 2.18. The Labute approximate surface area is 39.1 Å². The van der Waals surface area contributed by atoms with Crippen LogP contribution in [0.2, 0.25) is 6.32 Å². The molecule has 1 aliphatic heterocycles. The van der Waals surface area contributed by atoms with Crippen LogP contribution in [0, 0.1) is 0 Å². The molecular formula is C4H9BO. The van der Waals surface area contributed by atoms with Gasteiger partial charge in [-0.1, -0.05) is 6.32 Å². The van der Waals surface area contributed by atoms with Crippen LogP contribution in [-0.2, 0) is 4.74 Å². The average molecular weight is 83.9 g/mol. The molecule has 1 saturated heterocycles. The Morgan fingerprint density at radius 3 is 2.67 bits per heavy atom. The Morgan fingerprint density at radius 1 is 1.83 bits per heavy atom. The third-order valence-electron chi connectivity index (χ3n) is 1.01. The second-order valence-corrected chi connectivity index (χ2v) is 1.74. The highest BCUT2D eigenvalue weighted by Crippen LogP contribution is 2.13. The van der Waals surface area contributed by atoms with Crippen molar-refractivity contribution in [1.82, 2.24) is 0 Å². The zero-order valence-electron chi connectivity index (χ0n) is 4.11. The van der Waals surface area contributed by atoms with Crippen molar-refractivity contribution in [3.05, 3.63) is 0 Å². The van der Waals surface area contributed by atoms with Crippen molar-refractivity contribution in [2.45, 2.75) is 18.8 Å². The third kappa shape index (κ3) is 1.01. The normalized spacial score (nSPS) is 30.3. The predicted octanol–water partition coefficient (Wildman–Crippen LogP) is -0.173. The molecule has 1 aliphatic rings. The van der Waals surface area contributed by atoms with E-state index in [0.29, 0.717) is 6.10 Å². The van der Waals surface area contributed by atoms with Gasteiger partial charge >= 0.3 is 0 Å². The van der Waals surface area contributed by atoms with Gasteiger partial charge in [0.2, 0.25) is 0 Å². The van der Waals surface area contributed by atoms with Crippen LogP contribution in [0.15, 0.2) is 0 Å². The molecule has 1 fully saturated rings. The van der Waals surface area contributed by atoms with Crippen molar-refractivity contribution in [2.75, 3.05) is 6.61 Å². The van der Waals surface area contributed by atoms with Gasteiger partial charge in [-0.2, -0.15) is 0 Å². The molecule has 0 aliphatic carbocycles. The first-order valence-electron chi connectivity index (χ1n) is 2.55. The van der Waals surface area contributed by atoms with Crippen LogP contribution in [0.3, 0.4) is 0 Å². The highest BCUT2D eigenvalue weighted by molar-refractivity contribution is 6.08. The summed E-state index contributed by atoms with van der Waals surface area (Å²) in [5.41, 5.74) is 0. The smallest absolute Gasteiger partial charge is 0.101 e. The first-order chi connectivity index (χ1) is 2.93. The van der Waals surface area contributed by atoms with Gasteiger partial charge in [0.05, 0.1) is 12.7 Å². The molecule has 0 N–H and O–H groups in total. The standard InChI is InChI=1S/C4H9BO/c5-2-1-4-3-6-4/h4H,1-3,5H2/t4-/m0/s1. The zero-order chi connectivity index (χ0) is 4.41. The van der Waals surface area contributed by atoms with Gasteiger partial charge in [-0.25, -0.2) is 0 Å². The molecule has 0 aromatic rings. The lowest BCUT2D eigenvalue weighted by molar-refractivity contribution is 0.403. The lowest BCUT2D eigenvalue weighted by Gasteiger charge is -1.79. The van der Waals surface area contributed by atoms with E-state index in [1.54, 1.807) is 0 Å². The van der Waals surface area contributed by atoms with Gasteiger partial charge in [0.1, 0.15) is 7.85 Å². The molecule has 1 nitrogen and oxygen atoms in total. The molecule has 0 spiro atoms. The minimum atomic E-state index is 0.648. The van der Waals surface area contributed by atoms with E-state index >= 15 is 0 Å². The number of epoxide rings is 1. The molecule has 0 bridgehead atoms. The number of ether oxygens (including phenoxy) is 1. The summed E-state index contributed by atoms with van der Waals surface area (Å²) in [5, 5.41) is 0. The topological polar surface area (TPSA) is 12.5 Å². The van der Waals surface area contributed by atoms with Crippen molar-refractivity contribution in [3.8, 4) is 0 Å². The third-order valence-corrected chi connectivity index (χ3v) is 1.01. The molecule has 0 radical (unpaired) electrons. The lowest BCUT2D eigenvalue weighted by Crippen LogP contribution is -1.80. The van der Waals surface area contributed by atoms with Crippen LogP contribution in [0.5, 0.6) is 0 Å². The summed E-state index contributed by atoms with van der Waals surface area (Å²) in [6, 6.07) is 0. The Morgan fingerprint density at radius 2 is 2.50 bits per heavy atom. The van der Waals surface area contributed by atoms with E-state index < -0.39 is 0 Å². The first kappa shape index (κ1) is 4.19. The Hall–Kier alpha value is 0.0249. The van der Waals surface area contributed by atoms with Gasteiger partial charge in [-0.05, 0) is 6.42 Å². The average Bonchev–Trinajstić information content (AvgIpc) is 2.21. The number of hydrogen-bond acceptors (Lipinski definition) is 1. The summed E-state index contributed by atoms with van der Waals surface area (Å²) in [6.45, 7) is 1.02. The largest absolute Gasteiger partial charge is 0.373 e. The summed E-state index contributed by atoms with van der Waals surface area (Å²) >= 11 is 0. The lowest BCUT2D eigenvalue weighted by atomic mass is 10.0. The highest BCUT2D eigenvalue weighted by atomic mass is 16.6. The van der Waals surface area contributed by atoms with Gasteiger partial charge in [-0.3, -0.25) is 0 Å². The van der Waals surface area contributed by atoms with Crippen LogP contribution in [-0.4, -0.2) is 20.6 Å². The van der Waals surface area contributed by atoms with Crippen molar-refractivity contribution in [1.29, 1.82) is 0 Å². The molecule has 1 heterocycles. The van der Waals surface area contributed by atoms with Gasteiger partial charge < -0.3 is 4.74 Å². The summed E-state index contributed by atoms with van der Waals surface area (Å²) in [4.78, 5) is 0. The molecule has 0 amide bonds. The van der Waals surface area contributed by atoms with Crippen LogP contribution in [0.1, 0.15) is 6.42 Å². The Kier molecular flexibility index (Phi) is 1.15. The molecule has 0 aromatic carbocycles. The van der Waals surface area contributed by atoms with Crippen molar-refractivity contribution in [2.24, 2.45) is 0 Å². The van der Waals surface area contributed by atoms with Crippen molar-refractivity contribution >= 4 is 7.85 Å². The van der Waals surface area contributed by atoms with Gasteiger partial charge in [-0.15, -0.1) is 0 Å². The number of hydrogen-bond donors (Lipinski definition) is 0. The van der Waals surface area contributed by atoms with E-state index in [0.717, 1.165) is 6.61 Å². The van der Waals surface area contributed by atoms with E-state index in [9.17, 15) is 0 Å². The predicted molar refractivity (Wildman–Crippen MR) is 27.7 cm³/mol. The second kappa shape index (κ2) is 1.65. The molecule has 0 aromatic heterocycles. The summed E-state index contributed by atoms with van der Waals surface area (Å²) < 4.78 is 4.95. The minimum absolute atomic E-state index is 0.648. The maximum Gasteiger partial charge on any atom is 0.101 e. The maximum atomic E-state index is 4.95. The molecule has 1 rings (SSSR count). The van der Waals surface area contributed by atoms with Gasteiger partial charge in [0, 0.05) is 0 Å². The number of rotatable bonds is 2. The monoisotopic (exact) mass is 84.1 g/mol. The summed E-state index contributed by atoms with van der Waals surface area (Å²) in [5.74, 6) is 0. The second-order valence-electron chi connectivity index (χ2n) is 1.74. The first-order valence-corrected chi connectivity index (χ1v) is 2.55. The van der Waals surface area contributed by atoms with Crippen molar-refractivity contribution in [3.63, 3.8) is 0 Å². The maximum absolute atomic E-state index is 4.95. The molecule has 0 saturated carbocycles. The van der Waals surface area contributed by atoms with E-state index in [-0.39, 0.29) is 0 Å². The van der Waals surface area contributed by atoms with E-state index in [2.05, 4.69) is 7.85 Å². The van der Waals surface area contributed by atoms with Gasteiger partial charge in [0.15, 0.2) is 0 Å². The van der Waals surface area contributed by atoms with Crippen LogP contribution >= 0.6 is 0 Å². The van der Waals surface area contributed by atoms with Crippen LogP contribution in [0.25, 0.3) is 0 Å². The fourth-order valence-electron chi connectivity index (χ4n) is 0.557. The molecule has 1 atom stereocenters. The molecule has 34 valence electrons. The fraction of sp³-hybridized carbons (Fsp3) is 1.00. The van der Waals surface area contributed by atoms with E-state index in [1.165, 1.54) is 12.7 Å². The van der Waals surface area contributed by atoms with E-state index in [4.69, 9.17) is 4.74 Å². The Bertz CT molecular complexity index is 42.8. The molecule has 2 heteroatoms.